The maximum absolute atomic E-state index is 13.3. The largest absolute Gasteiger partial charge is 0.507 e. The molecule has 1 N–H and O–H groups in total. The van der Waals surface area contributed by atoms with Crippen LogP contribution in [0.2, 0.25) is 0 Å². The van der Waals surface area contributed by atoms with Gasteiger partial charge in [0.05, 0.1) is 38.5 Å². The van der Waals surface area contributed by atoms with E-state index in [-0.39, 0.29) is 24.0 Å². The van der Waals surface area contributed by atoms with Crippen LogP contribution in [-0.2, 0) is 14.3 Å². The van der Waals surface area contributed by atoms with Crippen LogP contribution in [0.25, 0.3) is 5.76 Å². The summed E-state index contributed by atoms with van der Waals surface area (Å²) >= 11 is 0. The number of Topliss-reactive ketones (excluding diaryl/α,β-unsaturated/α-hetero) is 1. The van der Waals surface area contributed by atoms with Crippen LogP contribution in [-0.4, -0.2) is 61.8 Å². The Morgan fingerprint density at radius 2 is 1.66 bits per heavy atom. The van der Waals surface area contributed by atoms with Crippen LogP contribution >= 0.6 is 0 Å². The predicted molar refractivity (Wildman–Crippen MR) is 146 cm³/mol. The Morgan fingerprint density at radius 3 is 2.26 bits per heavy atom. The van der Waals surface area contributed by atoms with Gasteiger partial charge in [-0.3, -0.25) is 9.59 Å². The number of aryl methyl sites for hydroxylation is 1. The molecule has 1 saturated heterocycles. The summed E-state index contributed by atoms with van der Waals surface area (Å²) in [5, 5.41) is 11.4. The van der Waals surface area contributed by atoms with E-state index < -0.39 is 17.7 Å². The van der Waals surface area contributed by atoms with Gasteiger partial charge in [0.15, 0.2) is 11.5 Å². The summed E-state index contributed by atoms with van der Waals surface area (Å²) in [4.78, 5) is 28.1. The quantitative estimate of drug-likeness (QED) is 0.174. The SMILES string of the molecule is COc1ccc(C2/C(=C(/O)c3ccc(OCC(C)C)c(C)c3)C(=O)C(=O)N2CCCOC(C)C)cc1OC. The number of ether oxygens (including phenoxy) is 4. The summed E-state index contributed by atoms with van der Waals surface area (Å²) in [6.07, 6.45) is 0.596. The van der Waals surface area contributed by atoms with Crippen molar-refractivity contribution in [2.24, 2.45) is 5.92 Å². The van der Waals surface area contributed by atoms with Gasteiger partial charge in [-0.1, -0.05) is 19.9 Å². The highest BCUT2D eigenvalue weighted by Crippen LogP contribution is 2.42. The highest BCUT2D eigenvalue weighted by molar-refractivity contribution is 6.46. The third-order valence-electron chi connectivity index (χ3n) is 6.28. The second kappa shape index (κ2) is 12.8. The number of aliphatic hydroxyl groups excluding tert-OH is 1. The van der Waals surface area contributed by atoms with E-state index in [9.17, 15) is 14.7 Å². The molecule has 1 fully saturated rings. The summed E-state index contributed by atoms with van der Waals surface area (Å²) in [5.41, 5.74) is 1.91. The van der Waals surface area contributed by atoms with Gasteiger partial charge in [-0.25, -0.2) is 0 Å². The smallest absolute Gasteiger partial charge is 0.295 e. The lowest BCUT2D eigenvalue weighted by Crippen LogP contribution is -2.31. The lowest BCUT2D eigenvalue weighted by Gasteiger charge is -2.26. The van der Waals surface area contributed by atoms with Gasteiger partial charge in [-0.15, -0.1) is 0 Å². The highest BCUT2D eigenvalue weighted by atomic mass is 16.5. The summed E-state index contributed by atoms with van der Waals surface area (Å²) in [6, 6.07) is 9.67. The molecule has 8 heteroatoms. The number of carbonyl (C=O) groups excluding carboxylic acids is 2. The molecule has 0 spiro atoms. The number of carbonyl (C=O) groups is 2. The lowest BCUT2D eigenvalue weighted by atomic mass is 9.94. The number of rotatable bonds is 12. The number of benzene rings is 2. The molecule has 38 heavy (non-hydrogen) atoms. The van der Waals surface area contributed by atoms with Gasteiger partial charge in [-0.05, 0) is 74.6 Å². The van der Waals surface area contributed by atoms with Gasteiger partial charge in [0.25, 0.3) is 11.7 Å². The van der Waals surface area contributed by atoms with Crippen LogP contribution < -0.4 is 14.2 Å². The molecule has 1 heterocycles. The molecule has 2 aromatic carbocycles. The van der Waals surface area contributed by atoms with E-state index in [0.29, 0.717) is 53.9 Å². The molecule has 0 aromatic heterocycles. The molecule has 0 saturated carbocycles. The Bertz CT molecular complexity index is 1190. The minimum absolute atomic E-state index is 0.0299. The summed E-state index contributed by atoms with van der Waals surface area (Å²) in [7, 11) is 3.06. The Labute approximate surface area is 225 Å². The Kier molecular flexibility index (Phi) is 9.80. The molecule has 1 aliphatic rings. The molecule has 1 aliphatic heterocycles. The molecule has 0 radical (unpaired) electrons. The molecule has 0 aliphatic carbocycles. The number of methoxy groups -OCH3 is 2. The number of aliphatic hydroxyl groups is 1. The zero-order valence-corrected chi connectivity index (χ0v) is 23.4. The van der Waals surface area contributed by atoms with Crippen molar-refractivity contribution in [2.45, 2.75) is 53.2 Å². The second-order valence-electron chi connectivity index (χ2n) is 10.1. The van der Waals surface area contributed by atoms with Crippen molar-refractivity contribution >= 4 is 17.4 Å². The molecule has 1 amide bonds. The maximum atomic E-state index is 13.3. The predicted octanol–water partition coefficient (Wildman–Crippen LogP) is 5.28. The van der Waals surface area contributed by atoms with E-state index in [0.717, 1.165) is 5.56 Å². The van der Waals surface area contributed by atoms with Crippen LogP contribution in [0.4, 0.5) is 0 Å². The Hall–Kier alpha value is -3.52. The fourth-order valence-electron chi connectivity index (χ4n) is 4.40. The van der Waals surface area contributed by atoms with Crippen molar-refractivity contribution < 1.29 is 33.6 Å². The van der Waals surface area contributed by atoms with Crippen molar-refractivity contribution in [3.63, 3.8) is 0 Å². The van der Waals surface area contributed by atoms with Crippen molar-refractivity contribution in [2.75, 3.05) is 34.0 Å². The molecule has 206 valence electrons. The summed E-state index contributed by atoms with van der Waals surface area (Å²) in [6.45, 7) is 11.2. The first-order chi connectivity index (χ1) is 18.1. The monoisotopic (exact) mass is 525 g/mol. The molecule has 0 bridgehead atoms. The van der Waals surface area contributed by atoms with Gasteiger partial charge in [-0.2, -0.15) is 0 Å². The zero-order valence-electron chi connectivity index (χ0n) is 23.4. The molecule has 3 rings (SSSR count). The Morgan fingerprint density at radius 1 is 0.974 bits per heavy atom. The van der Waals surface area contributed by atoms with Crippen LogP contribution in [0.15, 0.2) is 42.0 Å². The van der Waals surface area contributed by atoms with Crippen molar-refractivity contribution in [1.82, 2.24) is 4.90 Å². The number of ketones is 1. The van der Waals surface area contributed by atoms with Crippen LogP contribution in [0.1, 0.15) is 56.8 Å². The summed E-state index contributed by atoms with van der Waals surface area (Å²) < 4.78 is 22.3. The number of nitrogens with zero attached hydrogens (tertiary/aromatic N) is 1. The number of hydrogen-bond acceptors (Lipinski definition) is 7. The van der Waals surface area contributed by atoms with E-state index in [4.69, 9.17) is 18.9 Å². The van der Waals surface area contributed by atoms with Gasteiger partial charge in [0.2, 0.25) is 0 Å². The van der Waals surface area contributed by atoms with Gasteiger partial charge in [0, 0.05) is 18.7 Å². The lowest BCUT2D eigenvalue weighted by molar-refractivity contribution is -0.140. The Balaban J connectivity index is 2.07. The van der Waals surface area contributed by atoms with E-state index in [1.807, 2.05) is 20.8 Å². The van der Waals surface area contributed by atoms with E-state index in [2.05, 4.69) is 13.8 Å². The third kappa shape index (κ3) is 6.48. The van der Waals surface area contributed by atoms with E-state index >= 15 is 0 Å². The molecule has 2 aromatic rings. The summed E-state index contributed by atoms with van der Waals surface area (Å²) in [5.74, 6) is 0.424. The van der Waals surface area contributed by atoms with Crippen LogP contribution in [0.3, 0.4) is 0 Å². The molecule has 8 nitrogen and oxygen atoms in total. The molecule has 1 unspecified atom stereocenters. The average molecular weight is 526 g/mol. The van der Waals surface area contributed by atoms with Crippen LogP contribution in [0.5, 0.6) is 17.2 Å². The minimum Gasteiger partial charge on any atom is -0.507 e. The minimum atomic E-state index is -0.800. The molecular weight excluding hydrogens is 486 g/mol. The van der Waals surface area contributed by atoms with Crippen molar-refractivity contribution in [3.8, 4) is 17.2 Å². The van der Waals surface area contributed by atoms with E-state index in [1.54, 1.807) is 36.4 Å². The zero-order chi connectivity index (χ0) is 28.0. The molecule has 1 atom stereocenters. The number of likely N-dealkylation sites (tertiary alicyclic amines) is 1. The first-order valence-corrected chi connectivity index (χ1v) is 12.9. The highest BCUT2D eigenvalue weighted by Gasteiger charge is 2.46. The number of hydrogen-bond donors (Lipinski definition) is 1. The van der Waals surface area contributed by atoms with Crippen LogP contribution in [0, 0.1) is 12.8 Å². The first-order valence-electron chi connectivity index (χ1n) is 12.9. The second-order valence-corrected chi connectivity index (χ2v) is 10.1. The van der Waals surface area contributed by atoms with E-state index in [1.165, 1.54) is 19.1 Å². The standard InChI is InChI=1S/C30H39NO7/c1-18(2)17-38-23-11-10-22(15-20(23)5)28(32)26-27(21-9-12-24(35-6)25(16-21)36-7)31(30(34)29(26)33)13-8-14-37-19(3)4/h9-12,15-16,18-19,27,32H,8,13-14,17H2,1-7H3/b28-26-. The topological polar surface area (TPSA) is 94.5 Å². The first kappa shape index (κ1) is 29.0. The maximum Gasteiger partial charge on any atom is 0.295 e. The van der Waals surface area contributed by atoms with Crippen molar-refractivity contribution in [1.29, 1.82) is 0 Å². The third-order valence-corrected chi connectivity index (χ3v) is 6.28. The van der Waals surface area contributed by atoms with Gasteiger partial charge >= 0.3 is 0 Å². The van der Waals surface area contributed by atoms with Crippen molar-refractivity contribution in [3.05, 3.63) is 58.7 Å². The normalized spacial score (nSPS) is 17.0. The number of amides is 1. The molecular formula is C30H39NO7. The fourth-order valence-corrected chi connectivity index (χ4v) is 4.40. The van der Waals surface area contributed by atoms with Gasteiger partial charge in [0.1, 0.15) is 11.5 Å². The average Bonchev–Trinajstić information content (AvgIpc) is 3.14. The van der Waals surface area contributed by atoms with Gasteiger partial charge < -0.3 is 29.0 Å². The fraction of sp³-hybridized carbons (Fsp3) is 0.467.